The highest BCUT2D eigenvalue weighted by Gasteiger charge is 1.96. The van der Waals surface area contributed by atoms with Crippen LogP contribution >= 0.6 is 0 Å². The molecule has 0 heterocycles. The van der Waals surface area contributed by atoms with E-state index in [9.17, 15) is 0 Å². The summed E-state index contributed by atoms with van der Waals surface area (Å²) in [5, 5.41) is 0. The van der Waals surface area contributed by atoms with Crippen molar-refractivity contribution in [1.29, 1.82) is 0 Å². The van der Waals surface area contributed by atoms with Gasteiger partial charge in [0.1, 0.15) is 0 Å². The predicted molar refractivity (Wildman–Crippen MR) is 57.0 cm³/mol. The lowest BCUT2D eigenvalue weighted by atomic mass is 10.0. The fourth-order valence-electron chi connectivity index (χ4n) is 1.03. The van der Waals surface area contributed by atoms with Crippen molar-refractivity contribution in [3.8, 4) is 0 Å². The van der Waals surface area contributed by atoms with Crippen molar-refractivity contribution in [3.05, 3.63) is 0 Å². The van der Waals surface area contributed by atoms with Gasteiger partial charge in [-0.05, 0) is 32.1 Å². The van der Waals surface area contributed by atoms with E-state index in [0.717, 1.165) is 18.9 Å². The molecule has 0 fully saturated rings. The van der Waals surface area contributed by atoms with Crippen molar-refractivity contribution in [3.63, 3.8) is 0 Å². The normalized spacial score (nSPS) is 14.8. The van der Waals surface area contributed by atoms with Gasteiger partial charge in [0.05, 0.1) is 0 Å². The topological polar surface area (TPSA) is 12.4 Å². The van der Waals surface area contributed by atoms with Crippen LogP contribution < -0.4 is 0 Å². The van der Waals surface area contributed by atoms with Crippen LogP contribution in [0.15, 0.2) is 4.99 Å². The summed E-state index contributed by atoms with van der Waals surface area (Å²) in [5.41, 5.74) is 1.29. The minimum absolute atomic E-state index is 0.877. The van der Waals surface area contributed by atoms with Crippen LogP contribution in [0.4, 0.5) is 0 Å². The second-order valence-corrected chi connectivity index (χ2v) is 3.63. The van der Waals surface area contributed by atoms with E-state index in [1.54, 1.807) is 0 Å². The van der Waals surface area contributed by atoms with Crippen molar-refractivity contribution in [2.45, 2.75) is 53.4 Å². The molecule has 0 aliphatic carbocycles. The van der Waals surface area contributed by atoms with Crippen LogP contribution in [0.3, 0.4) is 0 Å². The molecule has 0 aliphatic rings. The summed E-state index contributed by atoms with van der Waals surface area (Å²) in [4.78, 5) is 4.47. The first-order valence-corrected chi connectivity index (χ1v) is 5.20. The van der Waals surface area contributed by atoms with Crippen LogP contribution in [-0.4, -0.2) is 12.3 Å². The van der Waals surface area contributed by atoms with Gasteiger partial charge in [-0.15, -0.1) is 0 Å². The molecule has 0 aromatic heterocycles. The summed E-state index contributed by atoms with van der Waals surface area (Å²) in [6.45, 7) is 9.88. The van der Waals surface area contributed by atoms with Gasteiger partial charge in [-0.25, -0.2) is 0 Å². The van der Waals surface area contributed by atoms with Crippen LogP contribution in [0, 0.1) is 5.92 Å². The zero-order chi connectivity index (χ0) is 9.40. The molecule has 1 heteroatoms. The summed E-state index contributed by atoms with van der Waals surface area (Å²) in [6.07, 6.45) is 4.99. The monoisotopic (exact) mass is 169 g/mol. The Balaban J connectivity index is 3.32. The highest BCUT2D eigenvalue weighted by atomic mass is 14.7. The van der Waals surface area contributed by atoms with E-state index in [1.165, 1.54) is 25.0 Å². The van der Waals surface area contributed by atoms with Gasteiger partial charge < -0.3 is 0 Å². The van der Waals surface area contributed by atoms with Gasteiger partial charge in [0.15, 0.2) is 0 Å². The number of rotatable bonds is 6. The molecule has 12 heavy (non-hydrogen) atoms. The lowest BCUT2D eigenvalue weighted by molar-refractivity contribution is 0.500. The minimum atomic E-state index is 0.877. The predicted octanol–water partition coefficient (Wildman–Crippen LogP) is 3.68. The smallest absolute Gasteiger partial charge is 0.0388 e. The lowest BCUT2D eigenvalue weighted by Gasteiger charge is -2.05. The SMILES string of the molecule is CCC(C)=NCCCC(C)CC. The fraction of sp³-hybridized carbons (Fsp3) is 0.909. The first-order valence-electron chi connectivity index (χ1n) is 5.20. The lowest BCUT2D eigenvalue weighted by Crippen LogP contribution is -1.95. The second kappa shape index (κ2) is 7.33. The Morgan fingerprint density at radius 3 is 2.50 bits per heavy atom. The molecule has 0 radical (unpaired) electrons. The molecule has 0 spiro atoms. The fourth-order valence-corrected chi connectivity index (χ4v) is 1.03. The van der Waals surface area contributed by atoms with Crippen LogP contribution in [0.5, 0.6) is 0 Å². The van der Waals surface area contributed by atoms with Crippen LogP contribution in [0.25, 0.3) is 0 Å². The zero-order valence-corrected chi connectivity index (χ0v) is 9.06. The average Bonchev–Trinajstić information content (AvgIpc) is 2.11. The van der Waals surface area contributed by atoms with E-state index < -0.39 is 0 Å². The average molecular weight is 169 g/mol. The summed E-state index contributed by atoms with van der Waals surface area (Å²) >= 11 is 0. The van der Waals surface area contributed by atoms with Crippen LogP contribution in [0.1, 0.15) is 53.4 Å². The molecule has 1 atom stereocenters. The van der Waals surface area contributed by atoms with Crippen molar-refractivity contribution in [2.75, 3.05) is 6.54 Å². The van der Waals surface area contributed by atoms with Gasteiger partial charge >= 0.3 is 0 Å². The van der Waals surface area contributed by atoms with Crippen molar-refractivity contribution in [2.24, 2.45) is 10.9 Å². The molecule has 0 aliphatic heterocycles. The van der Waals surface area contributed by atoms with Crippen molar-refractivity contribution < 1.29 is 0 Å². The van der Waals surface area contributed by atoms with Gasteiger partial charge in [-0.3, -0.25) is 4.99 Å². The Morgan fingerprint density at radius 2 is 2.00 bits per heavy atom. The number of nitrogens with zero attached hydrogens (tertiary/aromatic N) is 1. The summed E-state index contributed by atoms with van der Waals surface area (Å²) in [7, 11) is 0. The molecule has 0 bridgehead atoms. The summed E-state index contributed by atoms with van der Waals surface area (Å²) < 4.78 is 0. The Bertz CT molecular complexity index is 127. The third kappa shape index (κ3) is 6.38. The molecular formula is C11H23N. The second-order valence-electron chi connectivity index (χ2n) is 3.63. The molecule has 0 saturated carbocycles. The van der Waals surface area contributed by atoms with E-state index in [4.69, 9.17) is 0 Å². The Morgan fingerprint density at radius 1 is 1.33 bits per heavy atom. The zero-order valence-electron chi connectivity index (χ0n) is 9.06. The molecule has 0 aromatic carbocycles. The summed E-state index contributed by atoms with van der Waals surface area (Å²) in [5.74, 6) is 0.877. The maximum Gasteiger partial charge on any atom is 0.0388 e. The van der Waals surface area contributed by atoms with Gasteiger partial charge in [0.2, 0.25) is 0 Å². The Labute approximate surface area is 77.3 Å². The Hall–Kier alpha value is -0.330. The number of aliphatic imine (C=N–C) groups is 1. The first kappa shape index (κ1) is 11.7. The third-order valence-electron chi connectivity index (χ3n) is 2.45. The van der Waals surface area contributed by atoms with Crippen molar-refractivity contribution in [1.82, 2.24) is 0 Å². The maximum atomic E-state index is 4.47. The standard InChI is InChI=1S/C11H23N/c1-5-10(3)8-7-9-12-11(4)6-2/h10H,5-9H2,1-4H3. The molecule has 0 saturated heterocycles. The molecule has 0 rings (SSSR count). The first-order chi connectivity index (χ1) is 5.70. The molecule has 1 nitrogen and oxygen atoms in total. The van der Waals surface area contributed by atoms with E-state index in [-0.39, 0.29) is 0 Å². The molecule has 1 unspecified atom stereocenters. The van der Waals surface area contributed by atoms with Crippen molar-refractivity contribution >= 4 is 5.71 Å². The van der Waals surface area contributed by atoms with E-state index >= 15 is 0 Å². The largest absolute Gasteiger partial charge is 0.294 e. The van der Waals surface area contributed by atoms with E-state index in [1.807, 2.05) is 0 Å². The van der Waals surface area contributed by atoms with Gasteiger partial charge in [-0.1, -0.05) is 27.2 Å². The van der Waals surface area contributed by atoms with Crippen LogP contribution in [-0.2, 0) is 0 Å². The quantitative estimate of drug-likeness (QED) is 0.425. The number of hydrogen-bond donors (Lipinski definition) is 0. The molecule has 0 amide bonds. The van der Waals surface area contributed by atoms with E-state index in [2.05, 4.69) is 32.7 Å². The highest BCUT2D eigenvalue weighted by molar-refractivity contribution is 5.81. The Kier molecular flexibility index (Phi) is 7.12. The molecule has 0 N–H and O–H groups in total. The maximum absolute atomic E-state index is 4.47. The van der Waals surface area contributed by atoms with Gasteiger partial charge in [-0.2, -0.15) is 0 Å². The molecular weight excluding hydrogens is 146 g/mol. The van der Waals surface area contributed by atoms with E-state index in [0.29, 0.717) is 0 Å². The third-order valence-corrected chi connectivity index (χ3v) is 2.45. The van der Waals surface area contributed by atoms with Gasteiger partial charge in [0.25, 0.3) is 0 Å². The molecule has 72 valence electrons. The van der Waals surface area contributed by atoms with Gasteiger partial charge in [0, 0.05) is 12.3 Å². The summed E-state index contributed by atoms with van der Waals surface area (Å²) in [6, 6.07) is 0. The van der Waals surface area contributed by atoms with Crippen LogP contribution in [0.2, 0.25) is 0 Å². The number of hydrogen-bond acceptors (Lipinski definition) is 1. The minimum Gasteiger partial charge on any atom is -0.294 e. The molecule has 0 aromatic rings. The highest BCUT2D eigenvalue weighted by Crippen LogP contribution is 2.08.